The van der Waals surface area contributed by atoms with Crippen molar-refractivity contribution < 1.29 is 0 Å². The second-order valence-electron chi connectivity index (χ2n) is 3.99. The molecule has 0 saturated heterocycles. The van der Waals surface area contributed by atoms with Crippen LogP contribution < -0.4 is 11.3 Å². The average Bonchev–Trinajstić information content (AvgIpc) is 2.71. The Morgan fingerprint density at radius 3 is 2.71 bits per heavy atom. The Bertz CT molecular complexity index is 521. The van der Waals surface area contributed by atoms with Gasteiger partial charge in [0.05, 0.1) is 11.7 Å². The number of nitrogens with one attached hydrogen (secondary N) is 1. The van der Waals surface area contributed by atoms with E-state index in [2.05, 4.69) is 51.6 Å². The highest BCUT2D eigenvalue weighted by Gasteiger charge is 2.16. The molecule has 0 radical (unpaired) electrons. The molecule has 90 valence electrons. The third kappa shape index (κ3) is 2.41. The number of benzene rings is 1. The molecule has 0 spiro atoms. The van der Waals surface area contributed by atoms with Crippen molar-refractivity contribution in [3.8, 4) is 0 Å². The quantitative estimate of drug-likeness (QED) is 0.673. The molecule has 1 aromatic carbocycles. The molecule has 3 N–H and O–H groups in total. The second kappa shape index (κ2) is 5.00. The van der Waals surface area contributed by atoms with E-state index in [-0.39, 0.29) is 6.04 Å². The van der Waals surface area contributed by atoms with Crippen LogP contribution >= 0.6 is 15.9 Å². The van der Waals surface area contributed by atoms with Gasteiger partial charge in [-0.25, -0.2) is 5.43 Å². The number of aryl methyl sites for hydroxylation is 2. The minimum Gasteiger partial charge on any atom is -0.271 e. The van der Waals surface area contributed by atoms with Gasteiger partial charge in [0, 0.05) is 17.7 Å². The number of hydrogen-bond acceptors (Lipinski definition) is 3. The fourth-order valence-corrected chi connectivity index (χ4v) is 2.20. The highest BCUT2D eigenvalue weighted by atomic mass is 79.9. The highest BCUT2D eigenvalue weighted by Crippen LogP contribution is 2.25. The Morgan fingerprint density at radius 2 is 2.18 bits per heavy atom. The first-order valence-corrected chi connectivity index (χ1v) is 6.13. The van der Waals surface area contributed by atoms with Crippen molar-refractivity contribution in [1.82, 2.24) is 15.2 Å². The van der Waals surface area contributed by atoms with E-state index in [1.165, 1.54) is 5.56 Å². The van der Waals surface area contributed by atoms with Crippen molar-refractivity contribution in [1.29, 1.82) is 0 Å². The summed E-state index contributed by atoms with van der Waals surface area (Å²) in [5.74, 6) is 5.65. The van der Waals surface area contributed by atoms with Crippen LogP contribution in [-0.2, 0) is 7.05 Å². The number of rotatable bonds is 3. The molecule has 5 heteroatoms. The molecule has 0 fully saturated rings. The summed E-state index contributed by atoms with van der Waals surface area (Å²) < 4.78 is 2.90. The first-order valence-electron chi connectivity index (χ1n) is 5.33. The maximum atomic E-state index is 5.65. The molecular formula is C12H15BrN4. The van der Waals surface area contributed by atoms with Gasteiger partial charge in [0.15, 0.2) is 0 Å². The molecule has 0 aliphatic heterocycles. The maximum Gasteiger partial charge on any atom is 0.0878 e. The van der Waals surface area contributed by atoms with Crippen molar-refractivity contribution >= 4 is 15.9 Å². The summed E-state index contributed by atoms with van der Waals surface area (Å²) in [4.78, 5) is 0. The van der Waals surface area contributed by atoms with Gasteiger partial charge in [-0.15, -0.1) is 0 Å². The molecule has 0 amide bonds. The molecule has 2 rings (SSSR count). The molecule has 1 heterocycles. The molecule has 1 atom stereocenters. The molecular weight excluding hydrogens is 280 g/mol. The molecule has 0 aliphatic carbocycles. The smallest absolute Gasteiger partial charge is 0.0878 e. The van der Waals surface area contributed by atoms with E-state index in [1.54, 1.807) is 6.20 Å². The van der Waals surface area contributed by atoms with Gasteiger partial charge < -0.3 is 0 Å². The van der Waals surface area contributed by atoms with Crippen LogP contribution in [0.25, 0.3) is 0 Å². The zero-order valence-electron chi connectivity index (χ0n) is 9.81. The van der Waals surface area contributed by atoms with Crippen molar-refractivity contribution in [2.24, 2.45) is 12.9 Å². The van der Waals surface area contributed by atoms with E-state index in [0.717, 1.165) is 15.7 Å². The lowest BCUT2D eigenvalue weighted by Crippen LogP contribution is -2.30. The normalized spacial score (nSPS) is 12.7. The topological polar surface area (TPSA) is 55.9 Å². The Labute approximate surface area is 109 Å². The van der Waals surface area contributed by atoms with Crippen LogP contribution in [0.15, 0.2) is 34.9 Å². The standard InChI is InChI=1S/C12H15BrN4/c1-8-3-4-9(7-10(8)13)12(16-14)11-5-6-15-17(11)2/h3-7,12,16H,14H2,1-2H3. The Hall–Kier alpha value is -1.17. The van der Waals surface area contributed by atoms with Crippen LogP contribution in [0, 0.1) is 6.92 Å². The average molecular weight is 295 g/mol. The zero-order valence-corrected chi connectivity index (χ0v) is 11.4. The molecule has 17 heavy (non-hydrogen) atoms. The molecule has 0 bridgehead atoms. The fourth-order valence-electron chi connectivity index (χ4n) is 1.81. The van der Waals surface area contributed by atoms with E-state index >= 15 is 0 Å². The van der Waals surface area contributed by atoms with Crippen molar-refractivity contribution in [3.63, 3.8) is 0 Å². The molecule has 1 unspecified atom stereocenters. The number of aromatic nitrogens is 2. The summed E-state index contributed by atoms with van der Waals surface area (Å²) in [6.07, 6.45) is 1.77. The second-order valence-corrected chi connectivity index (χ2v) is 4.84. The summed E-state index contributed by atoms with van der Waals surface area (Å²) in [5.41, 5.74) is 6.17. The van der Waals surface area contributed by atoms with Gasteiger partial charge in [0.2, 0.25) is 0 Å². The van der Waals surface area contributed by atoms with Gasteiger partial charge in [-0.1, -0.05) is 28.1 Å². The van der Waals surface area contributed by atoms with E-state index in [9.17, 15) is 0 Å². The zero-order chi connectivity index (χ0) is 12.4. The summed E-state index contributed by atoms with van der Waals surface area (Å²) in [5, 5.41) is 4.16. The lowest BCUT2D eigenvalue weighted by molar-refractivity contribution is 0.575. The van der Waals surface area contributed by atoms with E-state index in [0.29, 0.717) is 0 Å². The Balaban J connectivity index is 2.42. The van der Waals surface area contributed by atoms with Gasteiger partial charge in [0.25, 0.3) is 0 Å². The van der Waals surface area contributed by atoms with Gasteiger partial charge >= 0.3 is 0 Å². The van der Waals surface area contributed by atoms with E-state index in [1.807, 2.05) is 17.8 Å². The summed E-state index contributed by atoms with van der Waals surface area (Å²) in [6, 6.07) is 8.11. The summed E-state index contributed by atoms with van der Waals surface area (Å²) in [6.45, 7) is 2.06. The third-order valence-corrected chi connectivity index (χ3v) is 3.70. The number of halogens is 1. The number of hydrazine groups is 1. The summed E-state index contributed by atoms with van der Waals surface area (Å²) >= 11 is 3.53. The monoisotopic (exact) mass is 294 g/mol. The van der Waals surface area contributed by atoms with Crippen molar-refractivity contribution in [2.75, 3.05) is 0 Å². The first-order chi connectivity index (χ1) is 8.13. The summed E-state index contributed by atoms with van der Waals surface area (Å²) in [7, 11) is 1.91. The van der Waals surface area contributed by atoms with Crippen LogP contribution in [-0.4, -0.2) is 9.78 Å². The molecule has 2 aromatic rings. The van der Waals surface area contributed by atoms with Gasteiger partial charge in [-0.3, -0.25) is 10.5 Å². The predicted molar refractivity (Wildman–Crippen MR) is 71.3 cm³/mol. The fraction of sp³-hybridized carbons (Fsp3) is 0.250. The van der Waals surface area contributed by atoms with Gasteiger partial charge in [-0.05, 0) is 30.2 Å². The van der Waals surface area contributed by atoms with E-state index in [4.69, 9.17) is 5.84 Å². The Morgan fingerprint density at radius 1 is 1.41 bits per heavy atom. The minimum absolute atomic E-state index is 0.0561. The Kier molecular flexibility index (Phi) is 3.61. The lowest BCUT2D eigenvalue weighted by atomic mass is 10.0. The van der Waals surface area contributed by atoms with Crippen LogP contribution in [0.5, 0.6) is 0 Å². The van der Waals surface area contributed by atoms with Gasteiger partial charge in [0.1, 0.15) is 0 Å². The van der Waals surface area contributed by atoms with E-state index < -0.39 is 0 Å². The molecule has 0 aliphatic rings. The molecule has 0 saturated carbocycles. The van der Waals surface area contributed by atoms with Crippen LogP contribution in [0.3, 0.4) is 0 Å². The third-order valence-electron chi connectivity index (χ3n) is 2.85. The maximum absolute atomic E-state index is 5.65. The molecule has 4 nitrogen and oxygen atoms in total. The minimum atomic E-state index is -0.0561. The number of nitrogens with zero attached hydrogens (tertiary/aromatic N) is 2. The number of nitrogens with two attached hydrogens (primary N) is 1. The van der Waals surface area contributed by atoms with Crippen LogP contribution in [0.2, 0.25) is 0 Å². The molecule has 1 aromatic heterocycles. The predicted octanol–water partition coefficient (Wildman–Crippen LogP) is 2.04. The van der Waals surface area contributed by atoms with Crippen molar-refractivity contribution in [2.45, 2.75) is 13.0 Å². The first kappa shape index (κ1) is 12.3. The lowest BCUT2D eigenvalue weighted by Gasteiger charge is -2.17. The highest BCUT2D eigenvalue weighted by molar-refractivity contribution is 9.10. The van der Waals surface area contributed by atoms with Crippen LogP contribution in [0.1, 0.15) is 22.9 Å². The largest absolute Gasteiger partial charge is 0.271 e. The van der Waals surface area contributed by atoms with Crippen LogP contribution in [0.4, 0.5) is 0 Å². The number of hydrogen-bond donors (Lipinski definition) is 2. The SMILES string of the molecule is Cc1ccc(C(NN)c2ccnn2C)cc1Br. The van der Waals surface area contributed by atoms with Gasteiger partial charge in [-0.2, -0.15) is 5.10 Å². The van der Waals surface area contributed by atoms with Crippen molar-refractivity contribution in [3.05, 3.63) is 51.8 Å².